The van der Waals surface area contributed by atoms with Crippen molar-refractivity contribution in [2.45, 2.75) is 26.0 Å². The zero-order valence-corrected chi connectivity index (χ0v) is 10.8. The number of aromatic nitrogens is 1. The van der Waals surface area contributed by atoms with E-state index in [9.17, 15) is 14.5 Å². The Bertz CT molecular complexity index is 450. The lowest BCUT2D eigenvalue weighted by Gasteiger charge is -2.21. The molecule has 1 aromatic rings. The van der Waals surface area contributed by atoms with Gasteiger partial charge in [0.05, 0.1) is 5.29 Å². The lowest BCUT2D eigenvalue weighted by atomic mass is 10.1. The maximum atomic E-state index is 11.8. The largest absolute Gasteiger partial charge is 0.440 e. The van der Waals surface area contributed by atoms with Gasteiger partial charge in [-0.25, -0.2) is 5.01 Å². The molecule has 7 heteroatoms. The van der Waals surface area contributed by atoms with Crippen LogP contribution in [0.4, 0.5) is 0 Å². The second-order valence-electron chi connectivity index (χ2n) is 3.92. The summed E-state index contributed by atoms with van der Waals surface area (Å²) in [5, 5.41) is 3.65. The Morgan fingerprint density at radius 2 is 2.26 bits per heavy atom. The zero-order chi connectivity index (χ0) is 14.3. The van der Waals surface area contributed by atoms with Crippen LogP contribution in [0.3, 0.4) is 0 Å². The standard InChI is InChI=1S/C12H15N3O4/c1-9(16)19-12(15(2)14-18)6-5-11(17)10-4-3-7-13-8-10/h3-4,7-8,12H,5-6H2,1-2H3. The Balaban J connectivity index is 2.58. The molecule has 0 fully saturated rings. The molecule has 0 aliphatic rings. The molecule has 1 rings (SSSR count). The van der Waals surface area contributed by atoms with Crippen LogP contribution >= 0.6 is 0 Å². The van der Waals surface area contributed by atoms with Crippen LogP contribution < -0.4 is 0 Å². The number of carbonyl (C=O) groups is 2. The number of Topliss-reactive ketones (excluding diaryl/α,β-unsaturated/α-hetero) is 1. The molecule has 0 spiro atoms. The highest BCUT2D eigenvalue weighted by atomic mass is 16.6. The van der Waals surface area contributed by atoms with E-state index in [1.54, 1.807) is 18.3 Å². The third-order valence-corrected chi connectivity index (χ3v) is 2.45. The number of nitrogens with zero attached hydrogens (tertiary/aromatic N) is 3. The fourth-order valence-corrected chi connectivity index (χ4v) is 1.49. The predicted molar refractivity (Wildman–Crippen MR) is 66.9 cm³/mol. The van der Waals surface area contributed by atoms with Gasteiger partial charge in [0, 0.05) is 44.8 Å². The van der Waals surface area contributed by atoms with Crippen LogP contribution in [0.25, 0.3) is 0 Å². The summed E-state index contributed by atoms with van der Waals surface area (Å²) in [5.74, 6) is -0.668. The molecule has 1 atom stereocenters. The summed E-state index contributed by atoms with van der Waals surface area (Å²) < 4.78 is 4.91. The maximum Gasteiger partial charge on any atom is 0.304 e. The van der Waals surface area contributed by atoms with E-state index in [-0.39, 0.29) is 18.6 Å². The molecule has 0 amide bonds. The van der Waals surface area contributed by atoms with Gasteiger partial charge in [0.25, 0.3) is 0 Å². The number of pyridine rings is 1. The van der Waals surface area contributed by atoms with Gasteiger partial charge >= 0.3 is 5.97 Å². The molecule has 0 radical (unpaired) electrons. The first-order valence-corrected chi connectivity index (χ1v) is 5.71. The van der Waals surface area contributed by atoms with Gasteiger partial charge in [0.15, 0.2) is 12.0 Å². The SMILES string of the molecule is CC(=O)OC(CCC(=O)c1cccnc1)N(C)N=O. The van der Waals surface area contributed by atoms with E-state index < -0.39 is 12.2 Å². The number of rotatable bonds is 7. The van der Waals surface area contributed by atoms with Crippen LogP contribution in [0.15, 0.2) is 29.8 Å². The quantitative estimate of drug-likeness (QED) is 0.244. The third kappa shape index (κ3) is 4.82. The molecule has 0 bridgehead atoms. The number of carbonyl (C=O) groups excluding carboxylic acids is 2. The molecular weight excluding hydrogens is 250 g/mol. The van der Waals surface area contributed by atoms with Gasteiger partial charge in [-0.2, -0.15) is 0 Å². The Hall–Kier alpha value is -2.31. The number of ether oxygens (including phenoxy) is 1. The molecule has 19 heavy (non-hydrogen) atoms. The van der Waals surface area contributed by atoms with Gasteiger partial charge in [-0.1, -0.05) is 0 Å². The van der Waals surface area contributed by atoms with Crippen LogP contribution in [0, 0.1) is 4.91 Å². The van der Waals surface area contributed by atoms with Crippen molar-refractivity contribution in [3.63, 3.8) is 0 Å². The lowest BCUT2D eigenvalue weighted by Crippen LogP contribution is -2.31. The Kier molecular flexibility index (Phi) is 5.59. The highest BCUT2D eigenvalue weighted by molar-refractivity contribution is 5.95. The fourth-order valence-electron chi connectivity index (χ4n) is 1.49. The minimum Gasteiger partial charge on any atom is -0.440 e. The normalized spacial score (nSPS) is 11.5. The van der Waals surface area contributed by atoms with Gasteiger partial charge in [0.1, 0.15) is 0 Å². The van der Waals surface area contributed by atoms with Gasteiger partial charge in [0.2, 0.25) is 0 Å². The maximum absolute atomic E-state index is 11.8. The summed E-state index contributed by atoms with van der Waals surface area (Å²) in [6.45, 7) is 1.23. The Labute approximate surface area is 110 Å². The van der Waals surface area contributed by atoms with E-state index >= 15 is 0 Å². The van der Waals surface area contributed by atoms with Crippen LogP contribution in [0.5, 0.6) is 0 Å². The highest BCUT2D eigenvalue weighted by Crippen LogP contribution is 2.11. The molecule has 0 aliphatic heterocycles. The van der Waals surface area contributed by atoms with E-state index in [0.717, 1.165) is 5.01 Å². The average Bonchev–Trinajstić information content (AvgIpc) is 2.42. The molecule has 7 nitrogen and oxygen atoms in total. The lowest BCUT2D eigenvalue weighted by molar-refractivity contribution is -0.156. The van der Waals surface area contributed by atoms with Crippen molar-refractivity contribution in [3.8, 4) is 0 Å². The molecular formula is C12H15N3O4. The third-order valence-electron chi connectivity index (χ3n) is 2.45. The highest BCUT2D eigenvalue weighted by Gasteiger charge is 2.19. The number of esters is 1. The van der Waals surface area contributed by atoms with E-state index in [2.05, 4.69) is 10.3 Å². The van der Waals surface area contributed by atoms with E-state index in [1.165, 1.54) is 20.2 Å². The number of nitroso groups, excluding NO2 is 1. The second-order valence-corrected chi connectivity index (χ2v) is 3.92. The van der Waals surface area contributed by atoms with Gasteiger partial charge in [-0.3, -0.25) is 14.6 Å². The molecule has 1 heterocycles. The summed E-state index contributed by atoms with van der Waals surface area (Å²) in [6, 6.07) is 3.31. The van der Waals surface area contributed by atoms with Crippen molar-refractivity contribution < 1.29 is 14.3 Å². The van der Waals surface area contributed by atoms with Gasteiger partial charge < -0.3 is 4.74 Å². The molecule has 0 saturated heterocycles. The smallest absolute Gasteiger partial charge is 0.304 e. The first-order chi connectivity index (χ1) is 9.04. The van der Waals surface area contributed by atoms with E-state index in [0.29, 0.717) is 5.56 Å². The van der Waals surface area contributed by atoms with Crippen molar-refractivity contribution in [1.82, 2.24) is 9.99 Å². The van der Waals surface area contributed by atoms with Gasteiger partial charge in [-0.05, 0) is 12.1 Å². The summed E-state index contributed by atoms with van der Waals surface area (Å²) >= 11 is 0. The van der Waals surface area contributed by atoms with Crippen LogP contribution in [-0.4, -0.2) is 35.0 Å². The summed E-state index contributed by atoms with van der Waals surface area (Å²) in [7, 11) is 1.38. The second kappa shape index (κ2) is 7.20. The summed E-state index contributed by atoms with van der Waals surface area (Å²) in [4.78, 5) is 37.0. The topological polar surface area (TPSA) is 88.9 Å². The fraction of sp³-hybridized carbons (Fsp3) is 0.417. The molecule has 0 saturated carbocycles. The van der Waals surface area contributed by atoms with Crippen LogP contribution in [0.2, 0.25) is 0 Å². The van der Waals surface area contributed by atoms with Crippen molar-refractivity contribution in [2.24, 2.45) is 5.29 Å². The summed E-state index contributed by atoms with van der Waals surface area (Å²) in [5.41, 5.74) is 0.478. The van der Waals surface area contributed by atoms with E-state index in [1.807, 2.05) is 0 Å². The minimum absolute atomic E-state index is 0.128. The predicted octanol–water partition coefficient (Wildman–Crippen LogP) is 1.55. The first kappa shape index (κ1) is 14.7. The zero-order valence-electron chi connectivity index (χ0n) is 10.8. The number of hydrogen-bond acceptors (Lipinski definition) is 6. The van der Waals surface area contributed by atoms with Crippen LogP contribution in [0.1, 0.15) is 30.1 Å². The van der Waals surface area contributed by atoms with Crippen molar-refractivity contribution in [3.05, 3.63) is 35.0 Å². The Morgan fingerprint density at radius 1 is 1.53 bits per heavy atom. The first-order valence-electron chi connectivity index (χ1n) is 5.71. The summed E-state index contributed by atoms with van der Waals surface area (Å²) in [6.07, 6.45) is 2.52. The van der Waals surface area contributed by atoms with Crippen LogP contribution in [-0.2, 0) is 9.53 Å². The Morgan fingerprint density at radius 3 is 2.79 bits per heavy atom. The molecule has 0 N–H and O–H groups in total. The van der Waals surface area contributed by atoms with Crippen molar-refractivity contribution in [2.75, 3.05) is 7.05 Å². The van der Waals surface area contributed by atoms with Gasteiger partial charge in [-0.15, -0.1) is 4.91 Å². The number of ketones is 1. The monoisotopic (exact) mass is 265 g/mol. The number of hydrogen-bond donors (Lipinski definition) is 0. The molecule has 1 aromatic heterocycles. The van der Waals surface area contributed by atoms with Crippen molar-refractivity contribution in [1.29, 1.82) is 0 Å². The average molecular weight is 265 g/mol. The molecule has 0 aromatic carbocycles. The molecule has 1 unspecified atom stereocenters. The molecule has 102 valence electrons. The minimum atomic E-state index is -0.837. The molecule has 0 aliphatic carbocycles. The van der Waals surface area contributed by atoms with E-state index in [4.69, 9.17) is 4.74 Å². The van der Waals surface area contributed by atoms with Crippen molar-refractivity contribution >= 4 is 11.8 Å².